The molecule has 0 saturated heterocycles. The molecule has 0 aliphatic rings. The first-order valence-corrected chi connectivity index (χ1v) is 7.78. The summed E-state index contributed by atoms with van der Waals surface area (Å²) in [4.78, 5) is 4.29. The van der Waals surface area contributed by atoms with E-state index in [4.69, 9.17) is 21.6 Å². The highest BCUT2D eigenvalue weighted by Crippen LogP contribution is 2.29. The van der Waals surface area contributed by atoms with Crippen molar-refractivity contribution in [1.29, 1.82) is 5.26 Å². The Hall–Kier alpha value is -2.58. The smallest absolute Gasteiger partial charge is 0.174 e. The molecule has 2 aromatic heterocycles. The van der Waals surface area contributed by atoms with Crippen molar-refractivity contribution in [2.75, 3.05) is 6.61 Å². The van der Waals surface area contributed by atoms with Gasteiger partial charge in [-0.15, -0.1) is 0 Å². The molecule has 23 heavy (non-hydrogen) atoms. The molecule has 0 N–H and O–H groups in total. The fourth-order valence-electron chi connectivity index (χ4n) is 2.24. The van der Waals surface area contributed by atoms with Crippen LogP contribution in [0.2, 0.25) is 5.15 Å². The maximum Gasteiger partial charge on any atom is 0.174 e. The van der Waals surface area contributed by atoms with Crippen LogP contribution in [-0.2, 0) is 0 Å². The Morgan fingerprint density at radius 1 is 1.26 bits per heavy atom. The van der Waals surface area contributed by atoms with E-state index in [2.05, 4.69) is 17.0 Å². The van der Waals surface area contributed by atoms with Gasteiger partial charge in [0.25, 0.3) is 0 Å². The van der Waals surface area contributed by atoms with E-state index in [1.54, 1.807) is 6.20 Å². The lowest BCUT2D eigenvalue weighted by molar-refractivity contribution is 0.309. The summed E-state index contributed by atoms with van der Waals surface area (Å²) in [6.45, 7) is 2.85. The summed E-state index contributed by atoms with van der Waals surface area (Å²) in [5.74, 6) is 0.832. The monoisotopic (exact) mass is 326 g/mol. The number of hydrogen-bond donors (Lipinski definition) is 0. The highest BCUT2D eigenvalue weighted by Gasteiger charge is 2.13. The Morgan fingerprint density at radius 3 is 2.74 bits per heavy atom. The quantitative estimate of drug-likeness (QED) is 0.523. The number of halogens is 1. The maximum absolute atomic E-state index is 9.02. The van der Waals surface area contributed by atoms with Crippen molar-refractivity contribution >= 4 is 17.2 Å². The SMILES string of the molecule is CCCCOc1ccc(-c2cnc3c(C#N)cnn3c2Cl)cc1. The predicted molar refractivity (Wildman–Crippen MR) is 88.6 cm³/mol. The van der Waals surface area contributed by atoms with E-state index in [9.17, 15) is 0 Å². The summed E-state index contributed by atoms with van der Waals surface area (Å²) in [6, 6.07) is 9.74. The van der Waals surface area contributed by atoms with Gasteiger partial charge in [0.1, 0.15) is 22.5 Å². The van der Waals surface area contributed by atoms with Gasteiger partial charge in [0.15, 0.2) is 5.65 Å². The van der Waals surface area contributed by atoms with Crippen LogP contribution in [0, 0.1) is 11.3 Å². The minimum atomic E-state index is 0.401. The second kappa shape index (κ2) is 6.67. The van der Waals surface area contributed by atoms with Crippen molar-refractivity contribution in [2.24, 2.45) is 0 Å². The van der Waals surface area contributed by atoms with E-state index >= 15 is 0 Å². The van der Waals surface area contributed by atoms with Crippen molar-refractivity contribution in [2.45, 2.75) is 19.8 Å². The molecule has 3 aromatic rings. The molecule has 5 nitrogen and oxygen atoms in total. The van der Waals surface area contributed by atoms with E-state index in [0.717, 1.165) is 29.7 Å². The molecule has 0 saturated carbocycles. The molecule has 116 valence electrons. The zero-order valence-electron chi connectivity index (χ0n) is 12.7. The van der Waals surface area contributed by atoms with Crippen molar-refractivity contribution in [3.05, 3.63) is 47.4 Å². The van der Waals surface area contributed by atoms with Gasteiger partial charge in [-0.25, -0.2) is 9.50 Å². The van der Waals surface area contributed by atoms with E-state index in [-0.39, 0.29) is 0 Å². The Kier molecular flexibility index (Phi) is 4.45. The van der Waals surface area contributed by atoms with Gasteiger partial charge in [-0.3, -0.25) is 0 Å². The van der Waals surface area contributed by atoms with Gasteiger partial charge in [0.05, 0.1) is 12.8 Å². The first-order valence-electron chi connectivity index (χ1n) is 7.40. The number of fused-ring (bicyclic) bond motifs is 1. The lowest BCUT2D eigenvalue weighted by atomic mass is 10.1. The van der Waals surface area contributed by atoms with Crippen LogP contribution in [0.4, 0.5) is 0 Å². The number of nitriles is 1. The van der Waals surface area contributed by atoms with Crippen LogP contribution in [0.1, 0.15) is 25.3 Å². The van der Waals surface area contributed by atoms with E-state index in [0.29, 0.717) is 23.0 Å². The van der Waals surface area contributed by atoms with Crippen LogP contribution in [0.15, 0.2) is 36.7 Å². The summed E-state index contributed by atoms with van der Waals surface area (Å²) < 4.78 is 7.13. The van der Waals surface area contributed by atoms with Gasteiger partial charge in [0, 0.05) is 11.8 Å². The number of hydrogen-bond acceptors (Lipinski definition) is 4. The summed E-state index contributed by atoms with van der Waals surface area (Å²) in [5.41, 5.74) is 2.53. The molecule has 0 aliphatic heterocycles. The number of benzene rings is 1. The third-order valence-corrected chi connectivity index (χ3v) is 3.88. The lowest BCUT2D eigenvalue weighted by Gasteiger charge is -2.08. The Morgan fingerprint density at radius 2 is 2.04 bits per heavy atom. The lowest BCUT2D eigenvalue weighted by Crippen LogP contribution is -1.97. The topological polar surface area (TPSA) is 63.2 Å². The molecular weight excluding hydrogens is 312 g/mol. The molecule has 0 spiro atoms. The number of aromatic nitrogens is 3. The second-order valence-electron chi connectivity index (χ2n) is 5.09. The molecule has 0 amide bonds. The standard InChI is InChI=1S/C17H15ClN4O/c1-2-3-8-23-14-6-4-12(5-7-14)15-11-20-17-13(9-19)10-21-22(17)16(15)18/h4-7,10-11H,2-3,8H2,1H3. The van der Waals surface area contributed by atoms with Crippen LogP contribution >= 0.6 is 11.6 Å². The van der Waals surface area contributed by atoms with Crippen LogP contribution in [0.3, 0.4) is 0 Å². The number of nitrogens with zero attached hydrogens (tertiary/aromatic N) is 4. The predicted octanol–water partition coefficient (Wildman–Crippen LogP) is 4.10. The molecule has 0 bridgehead atoms. The van der Waals surface area contributed by atoms with E-state index < -0.39 is 0 Å². The Balaban J connectivity index is 1.91. The number of rotatable bonds is 5. The highest BCUT2D eigenvalue weighted by molar-refractivity contribution is 6.32. The van der Waals surface area contributed by atoms with Gasteiger partial charge in [-0.2, -0.15) is 10.4 Å². The third-order valence-electron chi connectivity index (χ3n) is 3.52. The Labute approximate surface area is 139 Å². The normalized spacial score (nSPS) is 10.7. The van der Waals surface area contributed by atoms with Crippen LogP contribution < -0.4 is 4.74 Å². The number of ether oxygens (including phenoxy) is 1. The van der Waals surface area contributed by atoms with Crippen LogP contribution in [-0.4, -0.2) is 21.2 Å². The molecule has 0 unspecified atom stereocenters. The average molecular weight is 327 g/mol. The molecular formula is C17H15ClN4O. The first kappa shape index (κ1) is 15.3. The van der Waals surface area contributed by atoms with Crippen molar-refractivity contribution in [3.63, 3.8) is 0 Å². The fourth-order valence-corrected chi connectivity index (χ4v) is 2.52. The molecule has 6 heteroatoms. The Bertz CT molecular complexity index is 865. The van der Waals surface area contributed by atoms with Gasteiger partial charge in [-0.05, 0) is 24.1 Å². The van der Waals surface area contributed by atoms with Gasteiger partial charge in [0.2, 0.25) is 0 Å². The number of unbranched alkanes of at least 4 members (excludes halogenated alkanes) is 1. The van der Waals surface area contributed by atoms with Crippen molar-refractivity contribution in [1.82, 2.24) is 14.6 Å². The minimum Gasteiger partial charge on any atom is -0.494 e. The van der Waals surface area contributed by atoms with Gasteiger partial charge >= 0.3 is 0 Å². The van der Waals surface area contributed by atoms with E-state index in [1.807, 2.05) is 30.3 Å². The maximum atomic E-state index is 9.02. The summed E-state index contributed by atoms with van der Waals surface area (Å²) >= 11 is 6.41. The van der Waals surface area contributed by atoms with Crippen LogP contribution in [0.5, 0.6) is 5.75 Å². The molecule has 0 atom stereocenters. The van der Waals surface area contributed by atoms with Crippen molar-refractivity contribution < 1.29 is 4.74 Å². The van der Waals surface area contributed by atoms with Gasteiger partial charge < -0.3 is 4.74 Å². The summed E-state index contributed by atoms with van der Waals surface area (Å²) in [5, 5.41) is 13.6. The zero-order valence-corrected chi connectivity index (χ0v) is 13.4. The summed E-state index contributed by atoms with van der Waals surface area (Å²) in [6.07, 6.45) is 5.26. The van der Waals surface area contributed by atoms with E-state index in [1.165, 1.54) is 10.7 Å². The molecule has 1 aromatic carbocycles. The van der Waals surface area contributed by atoms with Gasteiger partial charge in [-0.1, -0.05) is 37.1 Å². The summed E-state index contributed by atoms with van der Waals surface area (Å²) in [7, 11) is 0. The minimum absolute atomic E-state index is 0.401. The molecule has 0 radical (unpaired) electrons. The van der Waals surface area contributed by atoms with Crippen molar-refractivity contribution in [3.8, 4) is 22.9 Å². The molecule has 0 aliphatic carbocycles. The fraction of sp³-hybridized carbons (Fsp3) is 0.235. The van der Waals surface area contributed by atoms with Crippen LogP contribution in [0.25, 0.3) is 16.8 Å². The average Bonchev–Trinajstić information content (AvgIpc) is 3.00. The second-order valence-corrected chi connectivity index (χ2v) is 5.45. The molecule has 2 heterocycles. The third kappa shape index (κ3) is 2.99. The first-order chi connectivity index (χ1) is 11.2. The molecule has 0 fully saturated rings. The molecule has 3 rings (SSSR count). The zero-order chi connectivity index (χ0) is 16.2. The largest absolute Gasteiger partial charge is 0.494 e. The highest BCUT2D eigenvalue weighted by atomic mass is 35.5.